The molecule has 1 saturated heterocycles. The van der Waals surface area contributed by atoms with Crippen LogP contribution in [0.5, 0.6) is 5.75 Å². The van der Waals surface area contributed by atoms with Crippen LogP contribution in [-0.4, -0.2) is 38.9 Å². The van der Waals surface area contributed by atoms with Crippen molar-refractivity contribution in [3.63, 3.8) is 0 Å². The van der Waals surface area contributed by atoms with Crippen LogP contribution in [0.3, 0.4) is 0 Å². The molecule has 1 aromatic rings. The molecule has 1 aliphatic heterocycles. The number of benzene rings is 1. The van der Waals surface area contributed by atoms with Crippen LogP contribution in [0.2, 0.25) is 0 Å². The Hall–Kier alpha value is -1.02. The number of hydrogen-bond acceptors (Lipinski definition) is 3. The van der Waals surface area contributed by atoms with Gasteiger partial charge in [0.25, 0.3) is 0 Å². The van der Waals surface area contributed by atoms with Crippen molar-refractivity contribution in [1.82, 2.24) is 10.6 Å². The zero-order valence-electron chi connectivity index (χ0n) is 15.9. The van der Waals surface area contributed by atoms with Crippen LogP contribution in [0.25, 0.3) is 0 Å². The Balaban J connectivity index is 0.00000196. The molecule has 0 amide bonds. The topological polar surface area (TPSA) is 54.9 Å². The second-order valence-electron chi connectivity index (χ2n) is 7.69. The number of hydrogen-bond donors (Lipinski definition) is 2. The zero-order chi connectivity index (χ0) is 17.4. The number of nitrogens with one attached hydrogen (secondary N) is 2. The van der Waals surface area contributed by atoms with Crippen LogP contribution in [0.4, 0.5) is 0 Å². The molecule has 2 saturated carbocycles. The molecular formula is C20H30IN3O2. The van der Waals surface area contributed by atoms with E-state index in [2.05, 4.69) is 40.7 Å². The Kier molecular flexibility index (Phi) is 6.01. The molecular weight excluding hydrogens is 441 g/mol. The minimum Gasteiger partial charge on any atom is -0.496 e. The number of rotatable bonds is 4. The summed E-state index contributed by atoms with van der Waals surface area (Å²) in [6.07, 6.45) is 5.56. The second kappa shape index (κ2) is 7.92. The van der Waals surface area contributed by atoms with E-state index in [1.165, 1.54) is 31.2 Å². The second-order valence-corrected chi connectivity index (χ2v) is 7.69. The number of ether oxygens (including phenoxy) is 2. The molecule has 3 aliphatic rings. The third-order valence-corrected chi connectivity index (χ3v) is 6.44. The molecule has 4 rings (SSSR count). The van der Waals surface area contributed by atoms with E-state index in [9.17, 15) is 0 Å². The van der Waals surface area contributed by atoms with Crippen LogP contribution in [0, 0.1) is 18.3 Å². The molecule has 1 aromatic carbocycles. The average Bonchev–Trinajstić information content (AvgIpc) is 2.99. The molecule has 2 N–H and O–H groups in total. The molecule has 1 spiro atoms. The van der Waals surface area contributed by atoms with Crippen molar-refractivity contribution in [3.05, 3.63) is 29.3 Å². The van der Waals surface area contributed by atoms with Gasteiger partial charge in [-0.3, -0.25) is 4.99 Å². The van der Waals surface area contributed by atoms with Gasteiger partial charge in [0.05, 0.1) is 13.2 Å². The lowest BCUT2D eigenvalue weighted by atomic mass is 9.46. The van der Waals surface area contributed by atoms with Crippen molar-refractivity contribution < 1.29 is 9.47 Å². The quantitative estimate of drug-likeness (QED) is 0.402. The standard InChI is InChI=1S/C20H29N3O2.HI/c1-13-5-6-14(16(11-13)24-3)12-22-19(21-2)23-17-15-7-10-25-18(15)20(17)8-4-9-20;/h5-6,11,15,17-18H,4,7-10,12H2,1-3H3,(H2,21,22,23);1H. The van der Waals surface area contributed by atoms with Crippen molar-refractivity contribution >= 4 is 29.9 Å². The van der Waals surface area contributed by atoms with Gasteiger partial charge in [0.15, 0.2) is 5.96 Å². The number of fused-ring (bicyclic) bond motifs is 2. The fourth-order valence-corrected chi connectivity index (χ4v) is 4.97. The van der Waals surface area contributed by atoms with Gasteiger partial charge in [0.1, 0.15) is 5.75 Å². The first-order chi connectivity index (χ1) is 12.2. The lowest BCUT2D eigenvalue weighted by Gasteiger charge is -2.63. The molecule has 5 nitrogen and oxygen atoms in total. The van der Waals surface area contributed by atoms with E-state index in [-0.39, 0.29) is 24.0 Å². The highest BCUT2D eigenvalue weighted by atomic mass is 127. The molecule has 3 unspecified atom stereocenters. The van der Waals surface area contributed by atoms with E-state index in [1.54, 1.807) is 7.11 Å². The summed E-state index contributed by atoms with van der Waals surface area (Å²) in [5.41, 5.74) is 2.71. The summed E-state index contributed by atoms with van der Waals surface area (Å²) in [7, 11) is 3.57. The molecule has 3 atom stereocenters. The molecule has 6 heteroatoms. The first kappa shape index (κ1) is 19.7. The van der Waals surface area contributed by atoms with E-state index in [0.29, 0.717) is 30.0 Å². The van der Waals surface area contributed by atoms with Gasteiger partial charge in [0, 0.05) is 43.1 Å². The fraction of sp³-hybridized carbons (Fsp3) is 0.650. The Labute approximate surface area is 173 Å². The minimum absolute atomic E-state index is 0. The largest absolute Gasteiger partial charge is 0.496 e. The summed E-state index contributed by atoms with van der Waals surface area (Å²) in [4.78, 5) is 4.45. The summed E-state index contributed by atoms with van der Waals surface area (Å²) < 4.78 is 11.5. The summed E-state index contributed by atoms with van der Waals surface area (Å²) in [5, 5.41) is 7.17. The van der Waals surface area contributed by atoms with Crippen molar-refractivity contribution in [2.45, 2.75) is 51.3 Å². The molecule has 0 bridgehead atoms. The average molecular weight is 471 g/mol. The highest BCUT2D eigenvalue weighted by Gasteiger charge is 2.66. The van der Waals surface area contributed by atoms with Crippen LogP contribution in [-0.2, 0) is 11.3 Å². The fourth-order valence-electron chi connectivity index (χ4n) is 4.97. The summed E-state index contributed by atoms with van der Waals surface area (Å²) in [6, 6.07) is 6.81. The normalized spacial score (nSPS) is 28.4. The van der Waals surface area contributed by atoms with Crippen LogP contribution in [0.1, 0.15) is 36.8 Å². The number of aryl methyl sites for hydroxylation is 1. The van der Waals surface area contributed by atoms with Gasteiger partial charge in [0.2, 0.25) is 0 Å². The molecule has 0 aromatic heterocycles. The number of halogens is 1. The number of guanidine groups is 1. The van der Waals surface area contributed by atoms with E-state index in [4.69, 9.17) is 9.47 Å². The molecule has 2 aliphatic carbocycles. The number of nitrogens with zero attached hydrogens (tertiary/aromatic N) is 1. The lowest BCUT2D eigenvalue weighted by molar-refractivity contribution is -0.171. The van der Waals surface area contributed by atoms with E-state index in [1.807, 2.05) is 7.05 Å². The van der Waals surface area contributed by atoms with Gasteiger partial charge in [-0.15, -0.1) is 24.0 Å². The Bertz CT molecular complexity index is 675. The van der Waals surface area contributed by atoms with Gasteiger partial charge in [-0.25, -0.2) is 0 Å². The third kappa shape index (κ3) is 3.19. The maximum atomic E-state index is 6.01. The zero-order valence-corrected chi connectivity index (χ0v) is 18.2. The van der Waals surface area contributed by atoms with Crippen molar-refractivity contribution in [3.8, 4) is 5.75 Å². The monoisotopic (exact) mass is 471 g/mol. The highest BCUT2D eigenvalue weighted by Crippen LogP contribution is 2.62. The van der Waals surface area contributed by atoms with E-state index in [0.717, 1.165) is 23.9 Å². The smallest absolute Gasteiger partial charge is 0.191 e. The summed E-state index contributed by atoms with van der Waals surface area (Å²) in [5.74, 6) is 2.45. The predicted molar refractivity (Wildman–Crippen MR) is 114 cm³/mol. The van der Waals surface area contributed by atoms with Crippen molar-refractivity contribution in [2.24, 2.45) is 16.3 Å². The maximum Gasteiger partial charge on any atom is 0.191 e. The first-order valence-corrected chi connectivity index (χ1v) is 9.40. The summed E-state index contributed by atoms with van der Waals surface area (Å²) in [6.45, 7) is 3.70. The van der Waals surface area contributed by atoms with Gasteiger partial charge in [-0.1, -0.05) is 18.6 Å². The highest BCUT2D eigenvalue weighted by molar-refractivity contribution is 14.0. The lowest BCUT2D eigenvalue weighted by Crippen LogP contribution is -2.72. The number of methoxy groups -OCH3 is 1. The Morgan fingerprint density at radius 1 is 1.38 bits per heavy atom. The Morgan fingerprint density at radius 2 is 2.19 bits per heavy atom. The van der Waals surface area contributed by atoms with Gasteiger partial charge < -0.3 is 20.1 Å². The van der Waals surface area contributed by atoms with E-state index < -0.39 is 0 Å². The van der Waals surface area contributed by atoms with E-state index >= 15 is 0 Å². The summed E-state index contributed by atoms with van der Waals surface area (Å²) >= 11 is 0. The SMILES string of the molecule is CN=C(NCc1ccc(C)cc1OC)NC1C2CCOC2C12CCC2.I. The molecule has 144 valence electrons. The van der Waals surface area contributed by atoms with Gasteiger partial charge in [-0.05, 0) is 37.8 Å². The Morgan fingerprint density at radius 3 is 2.85 bits per heavy atom. The third-order valence-electron chi connectivity index (χ3n) is 6.44. The van der Waals surface area contributed by atoms with Crippen LogP contribution < -0.4 is 15.4 Å². The predicted octanol–water partition coefficient (Wildman–Crippen LogP) is 3.24. The molecule has 3 fully saturated rings. The first-order valence-electron chi connectivity index (χ1n) is 9.40. The molecule has 1 heterocycles. The van der Waals surface area contributed by atoms with Crippen molar-refractivity contribution in [2.75, 3.05) is 20.8 Å². The van der Waals surface area contributed by atoms with Crippen LogP contribution >= 0.6 is 24.0 Å². The van der Waals surface area contributed by atoms with Crippen LogP contribution in [0.15, 0.2) is 23.2 Å². The maximum absolute atomic E-state index is 6.01. The minimum atomic E-state index is 0. The molecule has 0 radical (unpaired) electrons. The number of aliphatic imine (C=N–C) groups is 1. The molecule has 26 heavy (non-hydrogen) atoms. The van der Waals surface area contributed by atoms with Gasteiger partial charge in [-0.2, -0.15) is 0 Å². The van der Waals surface area contributed by atoms with Crippen molar-refractivity contribution in [1.29, 1.82) is 0 Å². The van der Waals surface area contributed by atoms with Gasteiger partial charge >= 0.3 is 0 Å².